The molecule has 0 N–H and O–H groups in total. The third kappa shape index (κ3) is 0. The van der Waals surface area contributed by atoms with Crippen LogP contribution in [0.25, 0.3) is 0 Å². The predicted octanol–water partition coefficient (Wildman–Crippen LogP) is 36.6. The smallest absolute Gasteiger partial charge is 0.0590 e. The van der Waals surface area contributed by atoms with Gasteiger partial charge in [0, 0.05) is 0 Å². The SMILES string of the molecule is C.C.CC.CC.CC.CC.CC.CC.CC.CC.CC.CC.CC.CC.CC.CC.CC.CC.CC.CC.CC.CC.CC.CC.CC.CC.CC.CC.CC.CC.CC.CC.CC.CC.CC.CCC. The van der Waals surface area contributed by atoms with Crippen LogP contribution in [0.5, 0.6) is 0 Å². The fraction of sp³-hybridized carbons (Fsp3) is 1.00. The minimum atomic E-state index is 0. The lowest BCUT2D eigenvalue weighted by Gasteiger charge is -1.48. The van der Waals surface area contributed by atoms with Crippen molar-refractivity contribution in [2.24, 2.45) is 0 Å². The van der Waals surface area contributed by atoms with Gasteiger partial charge in [-0.1, -0.05) is 492 Å². The van der Waals surface area contributed by atoms with Gasteiger partial charge >= 0.3 is 0 Å². The summed E-state index contributed by atoms with van der Waals surface area (Å²) in [5, 5.41) is 0. The third-order valence-corrected chi connectivity index (χ3v) is 0. The Morgan fingerprint density at radius 2 is 0.0845 bits per heavy atom. The summed E-state index contributed by atoms with van der Waals surface area (Å²) in [5.41, 5.74) is 0. The van der Waals surface area contributed by atoms with Crippen LogP contribution in [0.4, 0.5) is 0 Å². The van der Waals surface area contributed by atoms with Crippen LogP contribution in [-0.4, -0.2) is 0 Å². The molecule has 0 saturated carbocycles. The summed E-state index contributed by atoms with van der Waals surface area (Å²) in [6, 6.07) is 0. The highest BCUT2D eigenvalue weighted by Gasteiger charge is 1.35. The standard InChI is InChI=1S/C3H8.33C2H6.2CH4/c1-3-2;33*1-2;;/h3H2,1-2H3;33*1-2H3;2*1H4. The van der Waals surface area contributed by atoms with E-state index in [1.165, 1.54) is 6.42 Å². The lowest BCUT2D eigenvalue weighted by atomic mass is 10.6. The monoisotopic (exact) mass is 1070 g/mol. The van der Waals surface area contributed by atoms with E-state index in [9.17, 15) is 0 Å². The highest BCUT2D eigenvalue weighted by Crippen LogP contribution is 1.56. The normalized spacial score (nSPS) is 3.04. The molecule has 0 radical (unpaired) electrons. The highest BCUT2D eigenvalue weighted by atomic mass is 13.4. The zero-order valence-electron chi connectivity index (χ0n) is 68.7. The maximum Gasteiger partial charge on any atom is -0.0590 e. The van der Waals surface area contributed by atoms with Crippen molar-refractivity contribution in [1.82, 2.24) is 0 Å². The van der Waals surface area contributed by atoms with Crippen LogP contribution >= 0.6 is 0 Å². The molecule has 0 aromatic rings. The number of hydrogen-bond donors (Lipinski definition) is 0. The summed E-state index contributed by atoms with van der Waals surface area (Å²) in [4.78, 5) is 0. The summed E-state index contributed by atoms with van der Waals surface area (Å²) >= 11 is 0. The Kier molecular flexibility index (Phi) is 1330000. The van der Waals surface area contributed by atoms with Crippen molar-refractivity contribution in [1.29, 1.82) is 0 Å². The lowest BCUT2D eigenvalue weighted by molar-refractivity contribution is 1.09. The maximum atomic E-state index is 2.12. The second kappa shape index (κ2) is 333000. The summed E-state index contributed by atoms with van der Waals surface area (Å²) in [6.07, 6.45) is 1.25. The fourth-order valence-corrected chi connectivity index (χ4v) is 0. The Bertz CT molecular complexity index is 0. The average molecular weight is 1070 g/mol. The molecule has 498 valence electrons. The molecule has 0 nitrogen and oxygen atoms in total. The molecular weight excluding hydrogens is 853 g/mol. The van der Waals surface area contributed by atoms with Gasteiger partial charge in [0.25, 0.3) is 0 Å². The van der Waals surface area contributed by atoms with E-state index in [0.717, 1.165) is 0 Å². The summed E-state index contributed by atoms with van der Waals surface area (Å²) in [6.45, 7) is 136. The first-order chi connectivity index (χ1) is 34.4. The second-order valence-corrected chi connectivity index (χ2v) is 0.707. The predicted molar refractivity (Wildman–Crippen MR) is 404 cm³/mol. The molecule has 0 aliphatic rings. The van der Waals surface area contributed by atoms with Gasteiger partial charge in [-0.2, -0.15) is 0 Å². The Morgan fingerprint density at radius 3 is 0.0845 bits per heavy atom. The molecule has 0 aromatic heterocycles. The molecule has 0 fully saturated rings. The van der Waals surface area contributed by atoms with Gasteiger partial charge in [-0.3, -0.25) is 0 Å². The van der Waals surface area contributed by atoms with Gasteiger partial charge in [-0.25, -0.2) is 0 Å². The Morgan fingerprint density at radius 1 is 0.0845 bits per heavy atom. The second-order valence-electron chi connectivity index (χ2n) is 0.707. The molecule has 0 aliphatic carbocycles. The Labute approximate surface area is 489 Å². The minimum absolute atomic E-state index is 0. The summed E-state index contributed by atoms with van der Waals surface area (Å²) in [5.74, 6) is 0. The number of rotatable bonds is 0. The lowest BCUT2D eigenvalue weighted by Crippen LogP contribution is -1.27. The molecule has 0 spiro atoms. The van der Waals surface area contributed by atoms with Crippen molar-refractivity contribution in [3.05, 3.63) is 0 Å². The van der Waals surface area contributed by atoms with Crippen LogP contribution in [0.2, 0.25) is 0 Å². The van der Waals surface area contributed by atoms with Gasteiger partial charge in [0.1, 0.15) is 0 Å². The number of hydrogen-bond acceptors (Lipinski definition) is 0. The van der Waals surface area contributed by atoms with Gasteiger partial charge in [0.15, 0.2) is 0 Å². The fourth-order valence-electron chi connectivity index (χ4n) is 0. The molecule has 0 heteroatoms. The van der Waals surface area contributed by atoms with Crippen LogP contribution in [0, 0.1) is 0 Å². The molecule has 0 heterocycles. The molecule has 0 unspecified atom stereocenters. The van der Waals surface area contributed by atoms with Crippen LogP contribution in [0.3, 0.4) is 0 Å². The molecule has 0 atom stereocenters. The Balaban J connectivity index is -0.00000000523. The molecule has 0 bridgehead atoms. The van der Waals surface area contributed by atoms with E-state index in [-0.39, 0.29) is 14.9 Å². The molecular formula is C71H214. The van der Waals surface area contributed by atoms with Crippen LogP contribution in [0.15, 0.2) is 0 Å². The van der Waals surface area contributed by atoms with Gasteiger partial charge in [0.2, 0.25) is 0 Å². The first-order valence-corrected chi connectivity index (χ1v) is 34.4. The quantitative estimate of drug-likeness (QED) is 0.227. The van der Waals surface area contributed by atoms with E-state index in [1.807, 2.05) is 457 Å². The van der Waals surface area contributed by atoms with Crippen molar-refractivity contribution in [2.45, 2.75) is 492 Å². The first-order valence-electron chi connectivity index (χ1n) is 34.4. The molecule has 0 rings (SSSR count). The van der Waals surface area contributed by atoms with Gasteiger partial charge in [-0.05, 0) is 0 Å². The van der Waals surface area contributed by atoms with Crippen molar-refractivity contribution in [3.8, 4) is 0 Å². The summed E-state index contributed by atoms with van der Waals surface area (Å²) in [7, 11) is 0. The molecule has 71 heavy (non-hydrogen) atoms. The average Bonchev–Trinajstić information content (AvgIpc) is 3.59. The molecule has 0 amide bonds. The van der Waals surface area contributed by atoms with Crippen LogP contribution < -0.4 is 0 Å². The maximum absolute atomic E-state index is 2.12. The highest BCUT2D eigenvalue weighted by molar-refractivity contribution is 3.92. The van der Waals surface area contributed by atoms with Crippen LogP contribution in [-0.2, 0) is 0 Å². The zero-order chi connectivity index (χ0) is 68.7. The molecule has 0 aromatic carbocycles. The Hall–Kier alpha value is 0. The summed E-state index contributed by atoms with van der Waals surface area (Å²) < 4.78 is 0. The van der Waals surface area contributed by atoms with Crippen molar-refractivity contribution in [2.75, 3.05) is 0 Å². The molecule has 0 aliphatic heterocycles. The van der Waals surface area contributed by atoms with Crippen molar-refractivity contribution >= 4 is 0 Å². The van der Waals surface area contributed by atoms with E-state index < -0.39 is 0 Å². The van der Waals surface area contributed by atoms with Gasteiger partial charge in [0.05, 0.1) is 0 Å². The minimum Gasteiger partial charge on any atom is -0.0776 e. The van der Waals surface area contributed by atoms with E-state index in [2.05, 4.69) is 13.8 Å². The largest absolute Gasteiger partial charge is 0.0776 e. The molecule has 0 saturated heterocycles. The zero-order valence-corrected chi connectivity index (χ0v) is 68.7. The van der Waals surface area contributed by atoms with E-state index in [4.69, 9.17) is 0 Å². The van der Waals surface area contributed by atoms with E-state index in [1.54, 1.807) is 0 Å². The van der Waals surface area contributed by atoms with Gasteiger partial charge in [-0.15, -0.1) is 0 Å². The van der Waals surface area contributed by atoms with E-state index in [0.29, 0.717) is 0 Å². The van der Waals surface area contributed by atoms with Crippen molar-refractivity contribution in [3.63, 3.8) is 0 Å². The topological polar surface area (TPSA) is 0 Å². The first kappa shape index (κ1) is 284. The van der Waals surface area contributed by atoms with E-state index >= 15 is 0 Å². The van der Waals surface area contributed by atoms with Crippen molar-refractivity contribution < 1.29 is 0 Å². The van der Waals surface area contributed by atoms with Gasteiger partial charge < -0.3 is 0 Å². The third-order valence-electron chi connectivity index (χ3n) is 0. The van der Waals surface area contributed by atoms with Crippen LogP contribution in [0.1, 0.15) is 492 Å².